The van der Waals surface area contributed by atoms with Crippen LogP contribution in [-0.2, 0) is 37.2 Å². The number of fused-ring (bicyclic) bond motifs is 3. The first-order valence-electron chi connectivity index (χ1n) is 27.0. The van der Waals surface area contributed by atoms with Gasteiger partial charge in [-0.05, 0) is 72.8 Å². The Bertz CT molecular complexity index is 3630. The number of piperazine rings is 3. The van der Waals surface area contributed by atoms with Crippen LogP contribution in [-0.4, -0.2) is 189 Å². The third-order valence-corrected chi connectivity index (χ3v) is 15.2. The number of halogens is 4. The molecule has 0 saturated carbocycles. The average Bonchev–Trinajstić information content (AvgIpc) is 3.61. The van der Waals surface area contributed by atoms with E-state index in [1.165, 1.54) is 0 Å². The van der Waals surface area contributed by atoms with Crippen molar-refractivity contribution in [3.8, 4) is 17.2 Å². The summed E-state index contributed by atoms with van der Waals surface area (Å²) in [4.78, 5) is 72.8. The Morgan fingerprint density at radius 1 is 0.584 bits per heavy atom. The number of hydrogen-bond donors (Lipinski definition) is 1. The number of nitrogens with one attached hydrogen (secondary N) is 1. The molecule has 0 unspecified atom stereocenters. The number of amides is 3. The van der Waals surface area contributed by atoms with Gasteiger partial charge in [0.15, 0.2) is 5.65 Å². The Kier molecular flexibility index (Phi) is 31.6. The number of rotatable bonds is 12. The number of carbonyl (C=O) groups is 4. The number of benzene rings is 3. The molecule has 0 atom stereocenters. The first kappa shape index (κ1) is 74.3. The van der Waals surface area contributed by atoms with Gasteiger partial charge in [-0.2, -0.15) is 15.3 Å². The summed E-state index contributed by atoms with van der Waals surface area (Å²) in [6, 6.07) is 28.6. The fourth-order valence-electron chi connectivity index (χ4n) is 9.53. The summed E-state index contributed by atoms with van der Waals surface area (Å²) in [6.07, 6.45) is 10.4. The molecule has 9 aromatic rings. The standard InChI is InChI=1S/2C19H20ClN5O2.C13H16Cl2N2O2.C6H5N3.CH2O3.CH4.2K.H/c1-27-18-11-14(4-5-15(18)20)23-7-9-24(10-8-23)19(26)13-25-17-3-2-6-21-16(17)12-22-25;1-27-18-11-14(4-5-15(18)20)23-7-9-24(10-8-23)19(26)13-25-12-17-16(22-25)3-2-6-21-17;1-19-12-8-10(2-3-11(12)15)16-4-6-17(7-5-16)13(18)9-14;1-2-5-4-8-9-6(5)7-3-1;2-1-4-3;;;;/h2*2-6,11-12H,7-10,13H2,1H3;2-3,8H,4-7,9H2,1H3;1-4H,(H,7,8,9);1,3H;1H4;;;/q;;;;;;2*+1;-1/p-1. The molecule has 9 heterocycles. The number of hydrogen-bond acceptors (Lipinski definition) is 18. The van der Waals surface area contributed by atoms with Crippen molar-refractivity contribution in [1.82, 2.24) is 59.4 Å². The van der Waals surface area contributed by atoms with Gasteiger partial charge in [0.05, 0.1) is 60.5 Å². The van der Waals surface area contributed by atoms with Crippen LogP contribution in [0.3, 0.4) is 0 Å². The number of ether oxygens (including phenoxy) is 3. The molecule has 3 amide bonds. The maximum absolute atomic E-state index is 12.7. The molecular formula is C59H67Cl4K2N15O9. The van der Waals surface area contributed by atoms with Crippen LogP contribution in [0.2, 0.25) is 15.1 Å². The van der Waals surface area contributed by atoms with Crippen molar-refractivity contribution in [3.05, 3.63) is 143 Å². The minimum atomic E-state index is -0.181. The van der Waals surface area contributed by atoms with E-state index in [0.717, 1.165) is 89.4 Å². The van der Waals surface area contributed by atoms with Crippen LogP contribution in [0.5, 0.6) is 17.2 Å². The average molecular weight is 1350 g/mol. The van der Waals surface area contributed by atoms with E-state index < -0.39 is 0 Å². The molecule has 30 heteroatoms. The molecule has 0 aliphatic carbocycles. The van der Waals surface area contributed by atoms with Gasteiger partial charge < -0.3 is 55.2 Å². The number of nitrogens with zero attached hydrogens (tertiary/aromatic N) is 14. The fourth-order valence-corrected chi connectivity index (χ4v) is 10.3. The van der Waals surface area contributed by atoms with Gasteiger partial charge in [-0.25, -0.2) is 4.98 Å². The zero-order valence-electron chi connectivity index (χ0n) is 50.3. The first-order chi connectivity index (χ1) is 41.8. The number of aromatic nitrogens is 9. The molecule has 3 aliphatic rings. The minimum Gasteiger partial charge on any atom is -1.00 e. The zero-order chi connectivity index (χ0) is 61.0. The second-order valence-corrected chi connectivity index (χ2v) is 20.6. The minimum absolute atomic E-state index is 0. The molecule has 3 aliphatic heterocycles. The van der Waals surface area contributed by atoms with Crippen LogP contribution in [0.1, 0.15) is 8.85 Å². The molecule has 1 N–H and O–H groups in total. The SMILES string of the molecule is C.COc1cc(N2CCN(C(=O)CCl)CC2)ccc1Cl.COc1cc(N2CCN(C(=O)Cn3cc4ncccc4n3)CC2)ccc1Cl.COc1cc(N2CCN(C(=O)Cn3ncc4ncccc43)CC2)ccc1Cl.O=CO[O-].[H-].[K+].[K+].c1cnc2[nH]ncc2c1. The Labute approximate surface area is 621 Å². The fraction of sp³-hybridized carbons (Fsp3) is 0.322. The van der Waals surface area contributed by atoms with Crippen LogP contribution in [0.15, 0.2) is 128 Å². The maximum atomic E-state index is 12.7. The van der Waals surface area contributed by atoms with Gasteiger partial charge in [-0.1, -0.05) is 42.2 Å². The number of alkyl halides is 1. The maximum Gasteiger partial charge on any atom is 1.00 e. The Hall–Kier alpha value is -5.41. The monoisotopic (exact) mass is 1350 g/mol. The van der Waals surface area contributed by atoms with Crippen molar-refractivity contribution in [2.24, 2.45) is 0 Å². The van der Waals surface area contributed by atoms with E-state index >= 15 is 0 Å². The van der Waals surface area contributed by atoms with Crippen molar-refractivity contribution < 1.29 is 148 Å². The van der Waals surface area contributed by atoms with Crippen LogP contribution >= 0.6 is 46.4 Å². The Balaban J connectivity index is 0.000000259. The molecule has 3 aromatic carbocycles. The van der Waals surface area contributed by atoms with Crippen molar-refractivity contribution in [1.29, 1.82) is 0 Å². The van der Waals surface area contributed by atoms with Gasteiger partial charge >= 0.3 is 103 Å². The molecule has 6 aromatic heterocycles. The number of anilines is 3. The summed E-state index contributed by atoms with van der Waals surface area (Å²) in [5.41, 5.74) is 7.26. The molecule has 0 bridgehead atoms. The molecule has 24 nitrogen and oxygen atoms in total. The summed E-state index contributed by atoms with van der Waals surface area (Å²) in [7, 11) is 4.81. The molecule has 462 valence electrons. The van der Waals surface area contributed by atoms with Crippen LogP contribution < -0.4 is 137 Å². The topological polar surface area (TPSA) is 251 Å². The second kappa shape index (κ2) is 37.8. The quantitative estimate of drug-likeness (QED) is 0.0595. The van der Waals surface area contributed by atoms with Gasteiger partial charge in [0.25, 0.3) is 6.47 Å². The first-order valence-corrected chi connectivity index (χ1v) is 28.7. The van der Waals surface area contributed by atoms with Gasteiger partial charge in [0.2, 0.25) is 17.7 Å². The van der Waals surface area contributed by atoms with Gasteiger partial charge in [-0.15, -0.1) is 11.6 Å². The molecule has 0 spiro atoms. The van der Waals surface area contributed by atoms with E-state index in [4.69, 9.17) is 70.7 Å². The number of methoxy groups -OCH3 is 3. The second-order valence-electron chi connectivity index (χ2n) is 19.1. The normalized spacial score (nSPS) is 13.4. The zero-order valence-corrected chi connectivity index (χ0v) is 58.5. The Morgan fingerprint density at radius 2 is 1.02 bits per heavy atom. The molecule has 0 radical (unpaired) electrons. The van der Waals surface area contributed by atoms with E-state index in [2.05, 4.69) is 54.9 Å². The number of aromatic amines is 1. The van der Waals surface area contributed by atoms with Crippen LogP contribution in [0.25, 0.3) is 33.1 Å². The predicted molar refractivity (Wildman–Crippen MR) is 335 cm³/mol. The van der Waals surface area contributed by atoms with Crippen LogP contribution in [0.4, 0.5) is 17.1 Å². The largest absolute Gasteiger partial charge is 1.00 e. The van der Waals surface area contributed by atoms with E-state index in [1.807, 2.05) is 107 Å². The third kappa shape index (κ3) is 20.8. The summed E-state index contributed by atoms with van der Waals surface area (Å²) in [5.74, 6) is 2.16. The summed E-state index contributed by atoms with van der Waals surface area (Å²) >= 11 is 23.8. The van der Waals surface area contributed by atoms with Crippen molar-refractivity contribution in [2.75, 3.05) is 120 Å². The third-order valence-electron chi connectivity index (χ3n) is 14.1. The number of H-pyrrole nitrogens is 1. The van der Waals surface area contributed by atoms with Gasteiger partial charge in [0.1, 0.15) is 52.8 Å². The van der Waals surface area contributed by atoms with Gasteiger partial charge in [-0.3, -0.25) is 43.6 Å². The van der Waals surface area contributed by atoms with Crippen molar-refractivity contribution in [2.45, 2.75) is 20.5 Å². The van der Waals surface area contributed by atoms with Crippen molar-refractivity contribution >= 4 is 121 Å². The predicted octanol–water partition coefficient (Wildman–Crippen LogP) is 1.27. The van der Waals surface area contributed by atoms with E-state index in [9.17, 15) is 14.4 Å². The summed E-state index contributed by atoms with van der Waals surface area (Å²) < 4.78 is 19.2. The van der Waals surface area contributed by atoms with Crippen LogP contribution in [0, 0.1) is 0 Å². The van der Waals surface area contributed by atoms with Crippen molar-refractivity contribution in [3.63, 3.8) is 0 Å². The van der Waals surface area contributed by atoms with E-state index in [-0.39, 0.29) is 155 Å². The summed E-state index contributed by atoms with van der Waals surface area (Å²) in [6.45, 7) is 8.95. The smallest absolute Gasteiger partial charge is 1.00 e. The van der Waals surface area contributed by atoms with E-state index in [0.29, 0.717) is 71.6 Å². The molecule has 3 saturated heterocycles. The summed E-state index contributed by atoms with van der Waals surface area (Å²) in [5, 5.41) is 26.5. The van der Waals surface area contributed by atoms with E-state index in [1.54, 1.807) is 66.6 Å². The molecular weight excluding hydrogens is 1280 g/mol. The number of pyridine rings is 3. The van der Waals surface area contributed by atoms with Gasteiger partial charge in [0, 0.05) is 138 Å². The molecule has 12 rings (SSSR count). The molecule has 89 heavy (non-hydrogen) atoms. The Morgan fingerprint density at radius 3 is 1.47 bits per heavy atom. The molecule has 3 fully saturated rings. The number of carbonyl (C=O) groups excluding carboxylic acids is 4.